The van der Waals surface area contributed by atoms with Crippen LogP contribution < -0.4 is 5.32 Å². The van der Waals surface area contributed by atoms with Crippen LogP contribution in [0.5, 0.6) is 0 Å². The lowest BCUT2D eigenvalue weighted by Gasteiger charge is -2.08. The number of nitrogens with zero attached hydrogens (tertiary/aromatic N) is 1. The topological polar surface area (TPSA) is 95.1 Å². The average molecular weight is 341 g/mol. The summed E-state index contributed by atoms with van der Waals surface area (Å²) in [6, 6.07) is 12.3. The minimum atomic E-state index is -1.03. The minimum absolute atomic E-state index is 0.140. The zero-order valence-corrected chi connectivity index (χ0v) is 13.7. The van der Waals surface area contributed by atoms with Crippen LogP contribution in [0.3, 0.4) is 0 Å². The first-order chi connectivity index (χ1) is 11.5. The van der Waals surface area contributed by atoms with Crippen LogP contribution in [0.25, 0.3) is 11.0 Å². The zero-order valence-electron chi connectivity index (χ0n) is 12.9. The molecule has 0 aliphatic heterocycles. The third-order valence-electron chi connectivity index (χ3n) is 3.47. The van der Waals surface area contributed by atoms with Crippen LogP contribution in [0, 0.1) is 6.92 Å². The Hall–Kier alpha value is -2.80. The Bertz CT molecular complexity index is 887. The number of amides is 1. The predicted molar refractivity (Wildman–Crippen MR) is 93.6 cm³/mol. The Labute approximate surface area is 142 Å². The van der Waals surface area contributed by atoms with Gasteiger partial charge in [-0.1, -0.05) is 30.0 Å². The lowest BCUT2D eigenvalue weighted by atomic mass is 10.1. The molecule has 6 nitrogen and oxygen atoms in total. The molecule has 0 atom stereocenters. The molecule has 0 fully saturated rings. The molecule has 0 saturated carbocycles. The Morgan fingerprint density at radius 2 is 2.04 bits per heavy atom. The van der Waals surface area contributed by atoms with Gasteiger partial charge in [-0.3, -0.25) is 4.79 Å². The average Bonchev–Trinajstić information content (AvgIpc) is 2.97. The van der Waals surface area contributed by atoms with Gasteiger partial charge in [0.2, 0.25) is 5.91 Å². The molecule has 7 heteroatoms. The number of carbonyl (C=O) groups is 2. The maximum Gasteiger partial charge on any atom is 0.335 e. The van der Waals surface area contributed by atoms with Gasteiger partial charge >= 0.3 is 5.97 Å². The molecule has 0 spiro atoms. The van der Waals surface area contributed by atoms with E-state index in [-0.39, 0.29) is 17.2 Å². The highest BCUT2D eigenvalue weighted by molar-refractivity contribution is 7.99. The van der Waals surface area contributed by atoms with Crippen molar-refractivity contribution in [2.75, 3.05) is 11.1 Å². The third-order valence-corrected chi connectivity index (χ3v) is 4.34. The maximum atomic E-state index is 12.1. The number of nitrogens with one attached hydrogen (secondary N) is 2. The van der Waals surface area contributed by atoms with E-state index < -0.39 is 5.97 Å². The smallest absolute Gasteiger partial charge is 0.335 e. The van der Waals surface area contributed by atoms with Gasteiger partial charge < -0.3 is 15.4 Å². The number of thioether (sulfide) groups is 1. The minimum Gasteiger partial charge on any atom is -0.478 e. The quantitative estimate of drug-likeness (QED) is 0.619. The number of carbonyl (C=O) groups excluding carboxylic acids is 1. The third kappa shape index (κ3) is 3.57. The molecule has 1 amide bonds. The van der Waals surface area contributed by atoms with Gasteiger partial charge in [0.1, 0.15) is 0 Å². The van der Waals surface area contributed by atoms with Gasteiger partial charge in [0.05, 0.1) is 22.3 Å². The van der Waals surface area contributed by atoms with Crippen LogP contribution in [-0.2, 0) is 4.79 Å². The van der Waals surface area contributed by atoms with E-state index in [1.165, 1.54) is 23.9 Å². The van der Waals surface area contributed by atoms with Gasteiger partial charge in [0.25, 0.3) is 0 Å². The van der Waals surface area contributed by atoms with Crippen LogP contribution in [0.4, 0.5) is 5.69 Å². The van der Waals surface area contributed by atoms with E-state index in [1.54, 1.807) is 6.07 Å². The number of aromatic amines is 1. The Balaban J connectivity index is 1.65. The van der Waals surface area contributed by atoms with Crippen LogP contribution in [0.2, 0.25) is 0 Å². The number of carboxylic acids is 1. The maximum absolute atomic E-state index is 12.1. The van der Waals surface area contributed by atoms with E-state index in [9.17, 15) is 9.59 Å². The first-order valence-electron chi connectivity index (χ1n) is 7.24. The molecule has 0 bridgehead atoms. The second-order valence-corrected chi connectivity index (χ2v) is 6.19. The second-order valence-electron chi connectivity index (χ2n) is 5.23. The van der Waals surface area contributed by atoms with Crippen molar-refractivity contribution in [1.29, 1.82) is 0 Å². The summed E-state index contributed by atoms with van der Waals surface area (Å²) in [5.74, 6) is -1.07. The lowest BCUT2D eigenvalue weighted by Crippen LogP contribution is -2.15. The molecule has 3 aromatic rings. The van der Waals surface area contributed by atoms with Crippen molar-refractivity contribution in [3.8, 4) is 0 Å². The largest absolute Gasteiger partial charge is 0.478 e. The summed E-state index contributed by atoms with van der Waals surface area (Å²) in [5, 5.41) is 12.4. The Morgan fingerprint density at radius 3 is 2.79 bits per heavy atom. The summed E-state index contributed by atoms with van der Waals surface area (Å²) < 4.78 is 0. The van der Waals surface area contributed by atoms with E-state index in [0.29, 0.717) is 10.8 Å². The number of rotatable bonds is 5. The number of para-hydroxylation sites is 2. The molecule has 0 unspecified atom stereocenters. The fourth-order valence-corrected chi connectivity index (χ4v) is 2.89. The molecule has 0 aliphatic rings. The standard InChI is InChI=1S/C17H15N3O3S/c1-10-6-7-11(16(22)23)8-14(10)18-15(21)9-24-17-19-12-4-2-3-5-13(12)20-17/h2-8H,9H2,1H3,(H,18,21)(H,19,20)(H,22,23). The van der Waals surface area contributed by atoms with Crippen LogP contribution in [0.1, 0.15) is 15.9 Å². The highest BCUT2D eigenvalue weighted by Gasteiger charge is 2.11. The number of aromatic carboxylic acids is 1. The van der Waals surface area contributed by atoms with E-state index in [2.05, 4.69) is 15.3 Å². The molecule has 3 N–H and O–H groups in total. The number of aromatic nitrogens is 2. The van der Waals surface area contributed by atoms with Crippen LogP contribution >= 0.6 is 11.8 Å². The van der Waals surface area contributed by atoms with E-state index in [0.717, 1.165) is 16.6 Å². The molecule has 0 aliphatic carbocycles. The lowest BCUT2D eigenvalue weighted by molar-refractivity contribution is -0.113. The molecule has 0 saturated heterocycles. The van der Waals surface area contributed by atoms with Gasteiger partial charge in [0, 0.05) is 5.69 Å². The van der Waals surface area contributed by atoms with Crippen molar-refractivity contribution in [2.24, 2.45) is 0 Å². The van der Waals surface area contributed by atoms with Gasteiger partial charge in [-0.15, -0.1) is 0 Å². The summed E-state index contributed by atoms with van der Waals surface area (Å²) in [6.45, 7) is 1.81. The number of hydrogen-bond donors (Lipinski definition) is 3. The van der Waals surface area contributed by atoms with Crippen LogP contribution in [-0.4, -0.2) is 32.7 Å². The van der Waals surface area contributed by atoms with Crippen molar-refractivity contribution in [3.05, 3.63) is 53.6 Å². The van der Waals surface area contributed by atoms with E-state index >= 15 is 0 Å². The van der Waals surface area contributed by atoms with Gasteiger partial charge in [-0.05, 0) is 36.8 Å². The van der Waals surface area contributed by atoms with Crippen molar-refractivity contribution in [3.63, 3.8) is 0 Å². The number of aryl methyl sites for hydroxylation is 1. The molecule has 0 radical (unpaired) electrons. The molecule has 24 heavy (non-hydrogen) atoms. The fourth-order valence-electron chi connectivity index (χ4n) is 2.21. The van der Waals surface area contributed by atoms with Crippen molar-refractivity contribution in [2.45, 2.75) is 12.1 Å². The Kier molecular flexibility index (Phi) is 4.52. The van der Waals surface area contributed by atoms with Gasteiger partial charge in [0.15, 0.2) is 5.16 Å². The molecule has 122 valence electrons. The van der Waals surface area contributed by atoms with Gasteiger partial charge in [-0.2, -0.15) is 0 Å². The molecule has 3 rings (SSSR count). The number of hydrogen-bond acceptors (Lipinski definition) is 4. The summed E-state index contributed by atoms with van der Waals surface area (Å²) in [7, 11) is 0. The number of carboxylic acid groups (broad SMARTS) is 1. The number of anilines is 1. The normalized spacial score (nSPS) is 10.7. The summed E-state index contributed by atoms with van der Waals surface area (Å²) in [4.78, 5) is 30.7. The number of imidazole rings is 1. The molecular weight excluding hydrogens is 326 g/mol. The summed E-state index contributed by atoms with van der Waals surface area (Å²) in [6.07, 6.45) is 0. The molecular formula is C17H15N3O3S. The second kappa shape index (κ2) is 6.76. The monoisotopic (exact) mass is 341 g/mol. The molecule has 1 heterocycles. The van der Waals surface area contributed by atoms with E-state index in [1.807, 2.05) is 31.2 Å². The van der Waals surface area contributed by atoms with Crippen molar-refractivity contribution in [1.82, 2.24) is 9.97 Å². The van der Waals surface area contributed by atoms with Crippen molar-refractivity contribution >= 4 is 40.4 Å². The Morgan fingerprint density at radius 1 is 1.25 bits per heavy atom. The highest BCUT2D eigenvalue weighted by atomic mass is 32.2. The summed E-state index contributed by atoms with van der Waals surface area (Å²) in [5.41, 5.74) is 3.23. The number of fused-ring (bicyclic) bond motifs is 1. The molecule has 1 aromatic heterocycles. The van der Waals surface area contributed by atoms with Crippen LogP contribution in [0.15, 0.2) is 47.6 Å². The first-order valence-corrected chi connectivity index (χ1v) is 8.23. The number of H-pyrrole nitrogens is 1. The van der Waals surface area contributed by atoms with Gasteiger partial charge in [-0.25, -0.2) is 9.78 Å². The highest BCUT2D eigenvalue weighted by Crippen LogP contribution is 2.21. The van der Waals surface area contributed by atoms with Crippen molar-refractivity contribution < 1.29 is 14.7 Å². The fraction of sp³-hybridized carbons (Fsp3) is 0.118. The predicted octanol–water partition coefficient (Wildman–Crippen LogP) is 3.30. The van der Waals surface area contributed by atoms with E-state index in [4.69, 9.17) is 5.11 Å². The molecule has 2 aromatic carbocycles. The first kappa shape index (κ1) is 16.1. The zero-order chi connectivity index (χ0) is 17.1. The SMILES string of the molecule is Cc1ccc(C(=O)O)cc1NC(=O)CSc1nc2ccccc2[nH]1. The number of benzene rings is 2. The summed E-state index contributed by atoms with van der Waals surface area (Å²) >= 11 is 1.29.